The Morgan fingerprint density at radius 3 is 2.33 bits per heavy atom. The van der Waals surface area contributed by atoms with Crippen LogP contribution in [0.3, 0.4) is 0 Å². The fourth-order valence-electron chi connectivity index (χ4n) is 1.06. The molecule has 0 aliphatic heterocycles. The lowest BCUT2D eigenvalue weighted by Crippen LogP contribution is -1.90. The molecular weight excluding hydrogens is 211 g/mol. The number of hydrogen-bond donors (Lipinski definition) is 1. The summed E-state index contributed by atoms with van der Waals surface area (Å²) in [6.45, 7) is 2.14. The van der Waals surface area contributed by atoms with Gasteiger partial charge in [0.2, 0.25) is 0 Å². The Morgan fingerprint density at radius 2 is 1.80 bits per heavy atom. The van der Waals surface area contributed by atoms with Crippen molar-refractivity contribution in [1.29, 1.82) is 0 Å². The Bertz CT molecular complexity index is 252. The van der Waals surface area contributed by atoms with Gasteiger partial charge in [-0.05, 0) is 19.3 Å². The van der Waals surface area contributed by atoms with Gasteiger partial charge in [0.1, 0.15) is 0 Å². The highest BCUT2D eigenvalue weighted by molar-refractivity contribution is 7.52. The fraction of sp³-hybridized carbons (Fsp3) is 0.818. The van der Waals surface area contributed by atoms with E-state index in [0.717, 1.165) is 25.7 Å². The summed E-state index contributed by atoms with van der Waals surface area (Å²) in [6.07, 6.45) is 5.91. The van der Waals surface area contributed by atoms with Crippen LogP contribution >= 0.6 is 7.60 Å². The van der Waals surface area contributed by atoms with E-state index in [1.54, 1.807) is 0 Å². The minimum Gasteiger partial charge on any atom is -0.324 e. The first-order valence-electron chi connectivity index (χ1n) is 5.45. The van der Waals surface area contributed by atoms with Gasteiger partial charge in [-0.1, -0.05) is 13.3 Å². The Hall–Kier alpha value is -0.290. The first kappa shape index (κ1) is 14.7. The summed E-state index contributed by atoms with van der Waals surface area (Å²) < 4.78 is 15.5. The highest BCUT2D eigenvalue weighted by Gasteiger charge is 2.14. The Kier molecular flexibility index (Phi) is 8.80. The first-order valence-corrected chi connectivity index (χ1v) is 7.22. The second kappa shape index (κ2) is 8.97. The van der Waals surface area contributed by atoms with Crippen molar-refractivity contribution in [3.05, 3.63) is 0 Å². The number of unbranched alkanes of at least 4 members (excludes halogenated alkanes) is 4. The van der Waals surface area contributed by atoms with Crippen molar-refractivity contribution in [3.8, 4) is 11.8 Å². The molecule has 0 rings (SSSR count). The molecule has 1 N–H and O–H groups in total. The minimum absolute atomic E-state index is 0.236. The highest BCUT2D eigenvalue weighted by Crippen LogP contribution is 2.41. The maximum Gasteiger partial charge on any atom is 0.327 e. The van der Waals surface area contributed by atoms with Gasteiger partial charge in [-0.3, -0.25) is 4.57 Å². The van der Waals surface area contributed by atoms with Crippen LogP contribution in [-0.2, 0) is 9.09 Å². The van der Waals surface area contributed by atoms with Gasteiger partial charge in [0.25, 0.3) is 0 Å². The molecular formula is C11H21O3P. The summed E-state index contributed by atoms with van der Waals surface area (Å²) in [5.74, 6) is 6.15. The average Bonchev–Trinajstić information content (AvgIpc) is 2.22. The molecule has 0 saturated carbocycles. The predicted octanol–water partition coefficient (Wildman–Crippen LogP) is 3.18. The van der Waals surface area contributed by atoms with Crippen LogP contribution in [0, 0.1) is 11.8 Å². The van der Waals surface area contributed by atoms with Crippen molar-refractivity contribution in [2.75, 3.05) is 13.3 Å². The third-order valence-corrected chi connectivity index (χ3v) is 3.51. The van der Waals surface area contributed by atoms with E-state index in [-0.39, 0.29) is 6.16 Å². The molecule has 0 heterocycles. The summed E-state index contributed by atoms with van der Waals surface area (Å²) in [5.41, 5.74) is 0. The standard InChI is InChI=1S/C11H21O3P/c1-3-4-5-6-7-8-9-10-11-15(12,13)14-2/h3-5,8-11H2,1-2H3,(H,12,13). The monoisotopic (exact) mass is 232 g/mol. The largest absolute Gasteiger partial charge is 0.327 e. The average molecular weight is 232 g/mol. The molecule has 0 amide bonds. The van der Waals surface area contributed by atoms with E-state index in [9.17, 15) is 4.57 Å². The smallest absolute Gasteiger partial charge is 0.324 e. The zero-order valence-corrected chi connectivity index (χ0v) is 10.6. The molecule has 0 aromatic carbocycles. The van der Waals surface area contributed by atoms with Crippen molar-refractivity contribution >= 4 is 7.60 Å². The molecule has 4 heteroatoms. The second-order valence-corrected chi connectivity index (χ2v) is 5.55. The van der Waals surface area contributed by atoms with Crippen molar-refractivity contribution < 1.29 is 14.0 Å². The van der Waals surface area contributed by atoms with Crippen LogP contribution in [0.15, 0.2) is 0 Å². The van der Waals surface area contributed by atoms with Crippen molar-refractivity contribution in [3.63, 3.8) is 0 Å². The van der Waals surface area contributed by atoms with Gasteiger partial charge in [-0.25, -0.2) is 0 Å². The van der Waals surface area contributed by atoms with Crippen LogP contribution in [0.25, 0.3) is 0 Å². The van der Waals surface area contributed by atoms with E-state index in [1.165, 1.54) is 13.5 Å². The molecule has 0 aliphatic rings. The van der Waals surface area contributed by atoms with E-state index in [0.29, 0.717) is 6.42 Å². The SMILES string of the molecule is CCCCC#CCCCCP(=O)(O)OC. The molecule has 0 aromatic rings. The summed E-state index contributed by atoms with van der Waals surface area (Å²) in [6, 6.07) is 0. The van der Waals surface area contributed by atoms with E-state index >= 15 is 0 Å². The number of rotatable bonds is 7. The van der Waals surface area contributed by atoms with E-state index in [4.69, 9.17) is 4.89 Å². The summed E-state index contributed by atoms with van der Waals surface area (Å²) in [7, 11) is -2.02. The van der Waals surface area contributed by atoms with Gasteiger partial charge in [-0.15, -0.1) is 11.8 Å². The highest BCUT2D eigenvalue weighted by atomic mass is 31.2. The summed E-state index contributed by atoms with van der Waals surface area (Å²) >= 11 is 0. The summed E-state index contributed by atoms with van der Waals surface area (Å²) in [4.78, 5) is 9.09. The first-order chi connectivity index (χ1) is 7.12. The molecule has 15 heavy (non-hydrogen) atoms. The molecule has 3 nitrogen and oxygen atoms in total. The van der Waals surface area contributed by atoms with Crippen LogP contribution in [0.2, 0.25) is 0 Å². The molecule has 0 fully saturated rings. The van der Waals surface area contributed by atoms with Gasteiger partial charge >= 0.3 is 7.60 Å². The number of hydrogen-bond acceptors (Lipinski definition) is 2. The van der Waals surface area contributed by atoms with E-state index in [1.807, 2.05) is 0 Å². The molecule has 0 bridgehead atoms. The van der Waals surface area contributed by atoms with Crippen LogP contribution in [0.5, 0.6) is 0 Å². The Labute approximate surface area is 92.8 Å². The molecule has 0 spiro atoms. The third kappa shape index (κ3) is 10.0. The van der Waals surface area contributed by atoms with Gasteiger partial charge < -0.3 is 9.42 Å². The zero-order chi connectivity index (χ0) is 11.6. The molecule has 1 unspecified atom stereocenters. The van der Waals surface area contributed by atoms with Crippen LogP contribution in [0.4, 0.5) is 0 Å². The fourth-order valence-corrected chi connectivity index (χ4v) is 1.86. The molecule has 1 atom stereocenters. The Morgan fingerprint density at radius 1 is 1.20 bits per heavy atom. The van der Waals surface area contributed by atoms with E-state index in [2.05, 4.69) is 23.3 Å². The van der Waals surface area contributed by atoms with Crippen LogP contribution in [0.1, 0.15) is 45.4 Å². The van der Waals surface area contributed by atoms with Crippen molar-refractivity contribution in [2.24, 2.45) is 0 Å². The summed E-state index contributed by atoms with van der Waals surface area (Å²) in [5, 5.41) is 0. The predicted molar refractivity (Wildman–Crippen MR) is 62.9 cm³/mol. The lowest BCUT2D eigenvalue weighted by molar-refractivity contribution is 0.314. The van der Waals surface area contributed by atoms with Crippen molar-refractivity contribution in [2.45, 2.75) is 45.4 Å². The normalized spacial score (nSPS) is 14.1. The zero-order valence-electron chi connectivity index (χ0n) is 9.66. The maximum atomic E-state index is 11.1. The molecule has 0 radical (unpaired) electrons. The van der Waals surface area contributed by atoms with Crippen molar-refractivity contribution in [1.82, 2.24) is 0 Å². The maximum absolute atomic E-state index is 11.1. The van der Waals surface area contributed by atoms with Gasteiger partial charge in [0.05, 0.1) is 6.16 Å². The third-order valence-electron chi connectivity index (χ3n) is 2.06. The second-order valence-electron chi connectivity index (χ2n) is 3.46. The topological polar surface area (TPSA) is 46.5 Å². The van der Waals surface area contributed by atoms with Gasteiger partial charge in [0.15, 0.2) is 0 Å². The Balaban J connectivity index is 3.38. The lowest BCUT2D eigenvalue weighted by atomic mass is 10.2. The van der Waals surface area contributed by atoms with Gasteiger partial charge in [0, 0.05) is 20.0 Å². The molecule has 0 aromatic heterocycles. The minimum atomic E-state index is -3.29. The lowest BCUT2D eigenvalue weighted by Gasteiger charge is -2.06. The quantitative estimate of drug-likeness (QED) is 0.416. The van der Waals surface area contributed by atoms with Gasteiger partial charge in [-0.2, -0.15) is 0 Å². The van der Waals surface area contributed by atoms with Crippen LogP contribution < -0.4 is 0 Å². The van der Waals surface area contributed by atoms with E-state index < -0.39 is 7.60 Å². The van der Waals surface area contributed by atoms with Crippen LogP contribution in [-0.4, -0.2) is 18.2 Å². The molecule has 88 valence electrons. The molecule has 0 saturated heterocycles. The molecule has 0 aliphatic carbocycles.